The van der Waals surface area contributed by atoms with Crippen molar-refractivity contribution in [1.82, 2.24) is 13.7 Å². The largest absolute Gasteiger partial charge is 0.309 e. The van der Waals surface area contributed by atoms with E-state index in [1.54, 1.807) is 0 Å². The van der Waals surface area contributed by atoms with Gasteiger partial charge in [0, 0.05) is 49.4 Å². The van der Waals surface area contributed by atoms with Crippen LogP contribution in [0.5, 0.6) is 0 Å². The van der Waals surface area contributed by atoms with Crippen LogP contribution in [0.1, 0.15) is 0 Å². The molecular weight excluding hydrogens is 763 g/mol. The van der Waals surface area contributed by atoms with Crippen LogP contribution in [0.25, 0.3) is 126 Å². The second-order valence-electron chi connectivity index (χ2n) is 16.9. The first-order valence-electron chi connectivity index (χ1n) is 21.8. The summed E-state index contributed by atoms with van der Waals surface area (Å²) >= 11 is 0. The van der Waals surface area contributed by atoms with E-state index in [4.69, 9.17) is 0 Å². The van der Waals surface area contributed by atoms with Crippen molar-refractivity contribution in [3.8, 4) is 28.2 Å². The summed E-state index contributed by atoms with van der Waals surface area (Å²) in [6.07, 6.45) is 0. The first-order valence-corrected chi connectivity index (χ1v) is 21.8. The third-order valence-corrected chi connectivity index (χ3v) is 13.6. The van der Waals surface area contributed by atoms with Crippen molar-refractivity contribution in [2.75, 3.05) is 0 Å². The van der Waals surface area contributed by atoms with Gasteiger partial charge < -0.3 is 13.7 Å². The molecule has 0 saturated heterocycles. The highest BCUT2D eigenvalue weighted by atomic mass is 15.0. The third kappa shape index (κ3) is 4.90. The average molecular weight is 800 g/mol. The smallest absolute Gasteiger partial charge is 0.0542 e. The molecule has 3 aromatic heterocycles. The van der Waals surface area contributed by atoms with Crippen molar-refractivity contribution in [3.05, 3.63) is 224 Å². The molecule has 0 aliphatic rings. The summed E-state index contributed by atoms with van der Waals surface area (Å²) < 4.78 is 7.28. The van der Waals surface area contributed by atoms with Crippen LogP contribution in [0.15, 0.2) is 224 Å². The standard InChI is InChI=1S/C60H37N3/c1-2-14-40(15-3-1)61-55-23-11-8-20-48(55)52-34-38(26-31-58(52)61)39-27-32-59-53(35-39)49-21-9-12-24-56(49)63(59)42-29-33-60-54(37-42)50-22-10-13-25-57(50)62(60)41-28-30-47-45-18-5-4-16-43(45)44-17-6-7-19-46(44)51(47)36-41/h1-37H. The number of para-hydroxylation sites is 4. The molecule has 0 atom stereocenters. The lowest BCUT2D eigenvalue weighted by atomic mass is 9.94. The molecule has 63 heavy (non-hydrogen) atoms. The molecule has 0 bridgehead atoms. The first-order chi connectivity index (χ1) is 31.3. The van der Waals surface area contributed by atoms with Crippen molar-refractivity contribution in [1.29, 1.82) is 0 Å². The molecule has 3 nitrogen and oxygen atoms in total. The number of aromatic nitrogens is 3. The summed E-state index contributed by atoms with van der Waals surface area (Å²) in [5, 5.41) is 15.2. The van der Waals surface area contributed by atoms with Gasteiger partial charge in [0.25, 0.3) is 0 Å². The molecule has 292 valence electrons. The Bertz CT molecular complexity index is 4160. The van der Waals surface area contributed by atoms with E-state index in [1.807, 2.05) is 0 Å². The van der Waals surface area contributed by atoms with Gasteiger partial charge in [-0.3, -0.25) is 0 Å². The van der Waals surface area contributed by atoms with Crippen LogP contribution >= 0.6 is 0 Å². The Hall–Kier alpha value is -8.40. The minimum atomic E-state index is 1.15. The molecule has 0 saturated carbocycles. The molecule has 0 N–H and O–H groups in total. The molecule has 0 fully saturated rings. The molecular formula is C60H37N3. The van der Waals surface area contributed by atoms with E-state index in [0.29, 0.717) is 0 Å². The van der Waals surface area contributed by atoms with Crippen molar-refractivity contribution < 1.29 is 0 Å². The summed E-state index contributed by atoms with van der Waals surface area (Å²) in [7, 11) is 0. The van der Waals surface area contributed by atoms with Gasteiger partial charge in [0.05, 0.1) is 33.1 Å². The zero-order valence-corrected chi connectivity index (χ0v) is 34.2. The highest BCUT2D eigenvalue weighted by Crippen LogP contribution is 2.42. The first kappa shape index (κ1) is 34.3. The van der Waals surface area contributed by atoms with Gasteiger partial charge in [-0.1, -0.05) is 140 Å². The Morgan fingerprint density at radius 1 is 0.175 bits per heavy atom. The third-order valence-electron chi connectivity index (χ3n) is 13.6. The maximum Gasteiger partial charge on any atom is 0.0542 e. The Kier molecular flexibility index (Phi) is 7.11. The van der Waals surface area contributed by atoms with Gasteiger partial charge >= 0.3 is 0 Å². The van der Waals surface area contributed by atoms with Gasteiger partial charge in [0.15, 0.2) is 0 Å². The zero-order valence-electron chi connectivity index (χ0n) is 34.2. The molecule has 3 heterocycles. The van der Waals surface area contributed by atoms with Crippen LogP contribution < -0.4 is 0 Å². The maximum atomic E-state index is 2.45. The van der Waals surface area contributed by atoms with Gasteiger partial charge in [-0.25, -0.2) is 0 Å². The highest BCUT2D eigenvalue weighted by molar-refractivity contribution is 6.26. The number of nitrogens with zero attached hydrogens (tertiary/aromatic N) is 3. The normalized spacial score (nSPS) is 12.1. The van der Waals surface area contributed by atoms with E-state index < -0.39 is 0 Å². The van der Waals surface area contributed by atoms with Gasteiger partial charge in [-0.05, 0) is 128 Å². The topological polar surface area (TPSA) is 14.8 Å². The second kappa shape index (κ2) is 13.1. The van der Waals surface area contributed by atoms with E-state index in [0.717, 1.165) is 11.4 Å². The van der Waals surface area contributed by atoms with Crippen LogP contribution in [0, 0.1) is 0 Å². The summed E-state index contributed by atoms with van der Waals surface area (Å²) in [5.74, 6) is 0. The van der Waals surface area contributed by atoms with Gasteiger partial charge in [0.2, 0.25) is 0 Å². The fourth-order valence-corrected chi connectivity index (χ4v) is 10.9. The average Bonchev–Trinajstić information content (AvgIpc) is 3.99. The van der Waals surface area contributed by atoms with Gasteiger partial charge in [-0.15, -0.1) is 0 Å². The molecule has 3 heteroatoms. The van der Waals surface area contributed by atoms with Crippen LogP contribution in [-0.4, -0.2) is 13.7 Å². The summed E-state index contributed by atoms with van der Waals surface area (Å²) in [5.41, 5.74) is 13.1. The predicted octanol–water partition coefficient (Wildman–Crippen LogP) is 16.1. The van der Waals surface area contributed by atoms with Crippen LogP contribution in [0.4, 0.5) is 0 Å². The molecule has 0 spiro atoms. The number of fused-ring (bicyclic) bond motifs is 15. The Balaban J connectivity index is 0.937. The van der Waals surface area contributed by atoms with E-state index in [9.17, 15) is 0 Å². The predicted molar refractivity (Wildman–Crippen MR) is 267 cm³/mol. The fourth-order valence-electron chi connectivity index (χ4n) is 10.9. The van der Waals surface area contributed by atoms with Gasteiger partial charge in [-0.2, -0.15) is 0 Å². The minimum Gasteiger partial charge on any atom is -0.309 e. The molecule has 11 aromatic carbocycles. The van der Waals surface area contributed by atoms with E-state index in [1.165, 1.54) is 115 Å². The van der Waals surface area contributed by atoms with Gasteiger partial charge in [0.1, 0.15) is 0 Å². The Labute approximate surface area is 362 Å². The number of hydrogen-bond acceptors (Lipinski definition) is 0. The summed E-state index contributed by atoms with van der Waals surface area (Å²) in [6.45, 7) is 0. The molecule has 0 unspecified atom stereocenters. The molecule has 14 aromatic rings. The quantitative estimate of drug-likeness (QED) is 0.158. The molecule has 14 rings (SSSR count). The van der Waals surface area contributed by atoms with Crippen molar-refractivity contribution in [2.45, 2.75) is 0 Å². The fraction of sp³-hybridized carbons (Fsp3) is 0. The van der Waals surface area contributed by atoms with E-state index in [2.05, 4.69) is 238 Å². The summed E-state index contributed by atoms with van der Waals surface area (Å²) in [4.78, 5) is 0. The van der Waals surface area contributed by atoms with Crippen LogP contribution in [0.3, 0.4) is 0 Å². The van der Waals surface area contributed by atoms with E-state index >= 15 is 0 Å². The number of rotatable bonds is 4. The lowest BCUT2D eigenvalue weighted by Crippen LogP contribution is -1.96. The van der Waals surface area contributed by atoms with Crippen LogP contribution in [0.2, 0.25) is 0 Å². The lowest BCUT2D eigenvalue weighted by Gasteiger charge is -2.14. The second-order valence-corrected chi connectivity index (χ2v) is 16.9. The molecule has 0 aliphatic carbocycles. The zero-order chi connectivity index (χ0) is 41.2. The molecule has 0 amide bonds. The SMILES string of the molecule is c1ccc(-n2c3ccccc3c3cc(-c4ccc5c(c4)c4ccccc4n5-c4ccc5c(c4)c4ccccc4n5-c4ccc5c6ccccc6c6ccccc6c5c4)ccc32)cc1. The molecule has 0 radical (unpaired) electrons. The van der Waals surface area contributed by atoms with Crippen molar-refractivity contribution in [3.63, 3.8) is 0 Å². The monoisotopic (exact) mass is 799 g/mol. The molecule has 0 aliphatic heterocycles. The van der Waals surface area contributed by atoms with E-state index in [-0.39, 0.29) is 0 Å². The Morgan fingerprint density at radius 2 is 0.492 bits per heavy atom. The minimum absolute atomic E-state index is 1.15. The lowest BCUT2D eigenvalue weighted by molar-refractivity contribution is 1.17. The maximum absolute atomic E-state index is 2.45. The number of hydrogen-bond donors (Lipinski definition) is 0. The highest BCUT2D eigenvalue weighted by Gasteiger charge is 2.19. The van der Waals surface area contributed by atoms with Crippen molar-refractivity contribution >= 4 is 97.7 Å². The van der Waals surface area contributed by atoms with Crippen LogP contribution in [-0.2, 0) is 0 Å². The summed E-state index contributed by atoms with van der Waals surface area (Å²) in [6, 6.07) is 82.8. The number of benzene rings is 11. The Morgan fingerprint density at radius 3 is 0.984 bits per heavy atom. The van der Waals surface area contributed by atoms with Crippen molar-refractivity contribution in [2.24, 2.45) is 0 Å².